The second-order valence-corrected chi connectivity index (χ2v) is 10.0. The van der Waals surface area contributed by atoms with E-state index < -0.39 is 0 Å². The van der Waals surface area contributed by atoms with Crippen LogP contribution in [0.1, 0.15) is 66.1 Å². The number of nitrogens with zero attached hydrogens (tertiary/aromatic N) is 2. The van der Waals surface area contributed by atoms with Crippen molar-refractivity contribution in [2.45, 2.75) is 45.6 Å². The Labute approximate surface area is 225 Å². The van der Waals surface area contributed by atoms with Crippen LogP contribution >= 0.6 is 0 Å². The van der Waals surface area contributed by atoms with E-state index >= 15 is 0 Å². The molecule has 38 heavy (non-hydrogen) atoms. The molecular formula is C32H38N4O2. The molecule has 4 aromatic rings. The number of amides is 1. The number of nitrogens with one attached hydrogen (secondary N) is 2. The highest BCUT2D eigenvalue weighted by atomic mass is 16.3. The average molecular weight is 511 g/mol. The summed E-state index contributed by atoms with van der Waals surface area (Å²) in [6.07, 6.45) is 5.73. The van der Waals surface area contributed by atoms with Crippen molar-refractivity contribution in [2.24, 2.45) is 4.99 Å². The zero-order valence-electron chi connectivity index (χ0n) is 22.6. The van der Waals surface area contributed by atoms with Crippen LogP contribution in [-0.2, 0) is 6.54 Å². The Morgan fingerprint density at radius 1 is 0.921 bits per heavy atom. The Hall–Kier alpha value is -3.90. The molecule has 198 valence electrons. The SMILES string of the molecule is CCCCCCCNC(=O)c1ccc2[nH]c(O)c(C(=Nc3ccc(CN(C)C)cc3)c3ccccc3)c2c1. The molecule has 0 aliphatic carbocycles. The van der Waals surface area contributed by atoms with Gasteiger partial charge in [-0.15, -0.1) is 0 Å². The number of fused-ring (bicyclic) bond motifs is 1. The standard InChI is InChI=1S/C32H38N4O2/c1-4-5-6-7-11-20-33-31(37)25-16-19-28-27(21-25)29(32(38)35-28)30(24-12-9-8-10-13-24)34-26-17-14-23(15-18-26)22-36(2)3/h8-10,12-19,21,35,38H,4-7,11,20,22H2,1-3H3,(H,33,37). The van der Waals surface area contributed by atoms with E-state index in [0.717, 1.165) is 41.5 Å². The molecule has 1 aromatic heterocycles. The Balaban J connectivity index is 1.67. The topological polar surface area (TPSA) is 80.7 Å². The second kappa shape index (κ2) is 13.1. The van der Waals surface area contributed by atoms with Crippen LogP contribution < -0.4 is 5.32 Å². The summed E-state index contributed by atoms with van der Waals surface area (Å²) in [5.74, 6) is -0.0796. The van der Waals surface area contributed by atoms with Gasteiger partial charge in [-0.3, -0.25) is 4.79 Å². The van der Waals surface area contributed by atoms with Crippen LogP contribution in [0.15, 0.2) is 77.8 Å². The van der Waals surface area contributed by atoms with Crippen LogP contribution in [0.25, 0.3) is 10.9 Å². The van der Waals surface area contributed by atoms with Gasteiger partial charge >= 0.3 is 0 Å². The summed E-state index contributed by atoms with van der Waals surface area (Å²) in [5.41, 5.74) is 5.40. The van der Waals surface area contributed by atoms with Crippen molar-refractivity contribution in [1.82, 2.24) is 15.2 Å². The van der Waals surface area contributed by atoms with E-state index in [4.69, 9.17) is 4.99 Å². The highest BCUT2D eigenvalue weighted by Gasteiger charge is 2.20. The zero-order valence-corrected chi connectivity index (χ0v) is 22.6. The van der Waals surface area contributed by atoms with Gasteiger partial charge in [-0.2, -0.15) is 0 Å². The van der Waals surface area contributed by atoms with Crippen molar-refractivity contribution in [2.75, 3.05) is 20.6 Å². The molecule has 0 spiro atoms. The van der Waals surface area contributed by atoms with Gasteiger partial charge in [0.05, 0.1) is 17.0 Å². The van der Waals surface area contributed by atoms with Gasteiger partial charge in [0.1, 0.15) is 0 Å². The number of aliphatic imine (C=N–C) groups is 1. The third-order valence-corrected chi connectivity index (χ3v) is 6.57. The van der Waals surface area contributed by atoms with E-state index in [2.05, 4.69) is 34.3 Å². The third-order valence-electron chi connectivity index (χ3n) is 6.57. The van der Waals surface area contributed by atoms with E-state index in [1.807, 2.05) is 68.7 Å². The van der Waals surface area contributed by atoms with Crippen LogP contribution in [0, 0.1) is 0 Å². The number of benzene rings is 3. The number of unbranched alkanes of at least 4 members (excludes halogenated alkanes) is 4. The lowest BCUT2D eigenvalue weighted by molar-refractivity contribution is 0.0953. The number of carbonyl (C=O) groups is 1. The average Bonchev–Trinajstić information content (AvgIpc) is 3.25. The Kier molecular flexibility index (Phi) is 9.33. The van der Waals surface area contributed by atoms with Crippen LogP contribution in [0.3, 0.4) is 0 Å². The van der Waals surface area contributed by atoms with E-state index in [9.17, 15) is 9.90 Å². The van der Waals surface area contributed by atoms with Gasteiger partial charge in [0.25, 0.3) is 5.91 Å². The molecule has 4 rings (SSSR count). The maximum atomic E-state index is 12.9. The lowest BCUT2D eigenvalue weighted by atomic mass is 9.99. The van der Waals surface area contributed by atoms with Gasteiger partial charge in [-0.25, -0.2) is 4.99 Å². The predicted molar refractivity (Wildman–Crippen MR) is 157 cm³/mol. The van der Waals surface area contributed by atoms with Gasteiger partial charge < -0.3 is 20.3 Å². The summed E-state index contributed by atoms with van der Waals surface area (Å²) < 4.78 is 0. The summed E-state index contributed by atoms with van der Waals surface area (Å²) in [7, 11) is 4.09. The molecule has 0 bridgehead atoms. The summed E-state index contributed by atoms with van der Waals surface area (Å²) >= 11 is 0. The van der Waals surface area contributed by atoms with Crippen molar-refractivity contribution in [3.05, 3.63) is 95.1 Å². The largest absolute Gasteiger partial charge is 0.494 e. The monoisotopic (exact) mass is 510 g/mol. The fourth-order valence-corrected chi connectivity index (χ4v) is 4.62. The highest BCUT2D eigenvalue weighted by Crippen LogP contribution is 2.32. The maximum absolute atomic E-state index is 12.9. The Morgan fingerprint density at radius 2 is 1.66 bits per heavy atom. The first-order valence-electron chi connectivity index (χ1n) is 13.5. The van der Waals surface area contributed by atoms with Crippen LogP contribution in [0.4, 0.5) is 5.69 Å². The molecule has 3 N–H and O–H groups in total. The summed E-state index contributed by atoms with van der Waals surface area (Å²) in [4.78, 5) is 23.1. The number of aromatic nitrogens is 1. The Bertz CT molecular complexity index is 1370. The molecule has 3 aromatic carbocycles. The molecule has 0 aliphatic rings. The van der Waals surface area contributed by atoms with Crippen molar-refractivity contribution in [3.8, 4) is 5.88 Å². The first-order valence-corrected chi connectivity index (χ1v) is 13.5. The molecule has 0 aliphatic heterocycles. The van der Waals surface area contributed by atoms with E-state index in [0.29, 0.717) is 23.4 Å². The minimum Gasteiger partial charge on any atom is -0.494 e. The molecular weight excluding hydrogens is 472 g/mol. The molecule has 0 unspecified atom stereocenters. The number of rotatable bonds is 12. The Morgan fingerprint density at radius 3 is 2.37 bits per heavy atom. The first kappa shape index (κ1) is 27.1. The number of H-pyrrole nitrogens is 1. The second-order valence-electron chi connectivity index (χ2n) is 10.0. The molecule has 6 nitrogen and oxygen atoms in total. The number of carbonyl (C=O) groups excluding carboxylic acids is 1. The summed E-state index contributed by atoms with van der Waals surface area (Å²) in [6, 6.07) is 23.4. The number of aromatic amines is 1. The van der Waals surface area contributed by atoms with Crippen LogP contribution in [0.5, 0.6) is 5.88 Å². The van der Waals surface area contributed by atoms with E-state index in [1.54, 1.807) is 6.07 Å². The molecule has 6 heteroatoms. The molecule has 1 heterocycles. The van der Waals surface area contributed by atoms with E-state index in [1.165, 1.54) is 24.8 Å². The molecule has 0 saturated heterocycles. The normalized spacial score (nSPS) is 11.8. The lowest BCUT2D eigenvalue weighted by Crippen LogP contribution is -2.24. The van der Waals surface area contributed by atoms with E-state index in [-0.39, 0.29) is 11.8 Å². The van der Waals surface area contributed by atoms with Gasteiger partial charge in [0.2, 0.25) is 0 Å². The van der Waals surface area contributed by atoms with Crippen molar-refractivity contribution in [3.63, 3.8) is 0 Å². The fraction of sp³-hybridized carbons (Fsp3) is 0.312. The minimum absolute atomic E-state index is 0.0281. The smallest absolute Gasteiger partial charge is 0.251 e. The number of hydrogen-bond acceptors (Lipinski definition) is 4. The van der Waals surface area contributed by atoms with Gasteiger partial charge in [-0.05, 0) is 56.4 Å². The van der Waals surface area contributed by atoms with Crippen LogP contribution in [0.2, 0.25) is 0 Å². The predicted octanol–water partition coefficient (Wildman–Crippen LogP) is 6.80. The zero-order chi connectivity index (χ0) is 26.9. The molecule has 0 fully saturated rings. The van der Waals surface area contributed by atoms with Gasteiger partial charge in [-0.1, -0.05) is 75.1 Å². The van der Waals surface area contributed by atoms with Crippen molar-refractivity contribution >= 4 is 28.2 Å². The van der Waals surface area contributed by atoms with Crippen molar-refractivity contribution < 1.29 is 9.90 Å². The molecule has 0 radical (unpaired) electrons. The van der Waals surface area contributed by atoms with Gasteiger partial charge in [0.15, 0.2) is 5.88 Å². The maximum Gasteiger partial charge on any atom is 0.251 e. The molecule has 0 saturated carbocycles. The van der Waals surface area contributed by atoms with Gasteiger partial charge in [0, 0.05) is 35.1 Å². The lowest BCUT2D eigenvalue weighted by Gasteiger charge is -2.11. The fourth-order valence-electron chi connectivity index (χ4n) is 4.62. The summed E-state index contributed by atoms with van der Waals surface area (Å²) in [6.45, 7) is 3.70. The number of hydrogen-bond donors (Lipinski definition) is 3. The first-order chi connectivity index (χ1) is 18.5. The quantitative estimate of drug-likeness (QED) is 0.145. The molecule has 0 atom stereocenters. The third kappa shape index (κ3) is 6.90. The summed E-state index contributed by atoms with van der Waals surface area (Å²) in [5, 5.41) is 14.8. The van der Waals surface area contributed by atoms with Crippen molar-refractivity contribution in [1.29, 1.82) is 0 Å². The van der Waals surface area contributed by atoms with Crippen LogP contribution in [-0.4, -0.2) is 47.2 Å². The minimum atomic E-state index is -0.108. The highest BCUT2D eigenvalue weighted by molar-refractivity contribution is 6.22. The molecule has 1 amide bonds. The number of aromatic hydroxyl groups is 1.